The van der Waals surface area contributed by atoms with Gasteiger partial charge in [-0.3, -0.25) is 0 Å². The van der Waals surface area contributed by atoms with Crippen molar-refractivity contribution in [2.75, 3.05) is 6.54 Å². The maximum Gasteiger partial charge on any atom is 0.115 e. The van der Waals surface area contributed by atoms with E-state index < -0.39 is 6.10 Å². The predicted molar refractivity (Wildman–Crippen MR) is 56.2 cm³/mol. The van der Waals surface area contributed by atoms with Crippen molar-refractivity contribution in [1.82, 2.24) is 5.32 Å². The average Bonchev–Trinajstić information content (AvgIpc) is 2.15. The van der Waals surface area contributed by atoms with Gasteiger partial charge in [0.2, 0.25) is 0 Å². The number of benzene rings is 1. The minimum Gasteiger partial charge on any atom is -0.508 e. The predicted octanol–water partition coefficient (Wildman–Crippen LogP) is 1.42. The summed E-state index contributed by atoms with van der Waals surface area (Å²) in [6.07, 6.45) is -0.516. The van der Waals surface area contributed by atoms with Crippen molar-refractivity contribution in [3.63, 3.8) is 0 Å². The van der Waals surface area contributed by atoms with Crippen LogP contribution < -0.4 is 5.32 Å². The van der Waals surface area contributed by atoms with Crippen molar-refractivity contribution < 1.29 is 10.2 Å². The first-order valence-corrected chi connectivity index (χ1v) is 4.80. The summed E-state index contributed by atoms with van der Waals surface area (Å²) in [6.45, 7) is 4.59. The van der Waals surface area contributed by atoms with E-state index in [1.54, 1.807) is 24.3 Å². The second-order valence-electron chi connectivity index (χ2n) is 3.67. The van der Waals surface area contributed by atoms with Gasteiger partial charge in [0.05, 0.1) is 6.10 Å². The van der Waals surface area contributed by atoms with E-state index in [1.807, 2.05) is 13.8 Å². The molecule has 1 aromatic carbocycles. The van der Waals surface area contributed by atoms with Crippen LogP contribution in [0.15, 0.2) is 24.3 Å². The van der Waals surface area contributed by atoms with Gasteiger partial charge in [-0.2, -0.15) is 0 Å². The molecule has 1 aromatic rings. The Hall–Kier alpha value is -1.06. The molecule has 0 saturated heterocycles. The summed E-state index contributed by atoms with van der Waals surface area (Å²) in [5.74, 6) is 0.220. The van der Waals surface area contributed by atoms with Crippen LogP contribution in [-0.2, 0) is 0 Å². The molecule has 0 heterocycles. The lowest BCUT2D eigenvalue weighted by Crippen LogP contribution is -2.27. The summed E-state index contributed by atoms with van der Waals surface area (Å²) in [5.41, 5.74) is 0.816. The van der Waals surface area contributed by atoms with Crippen LogP contribution in [0.3, 0.4) is 0 Å². The molecular weight excluding hydrogens is 178 g/mol. The molecule has 0 aliphatic carbocycles. The van der Waals surface area contributed by atoms with E-state index in [-0.39, 0.29) is 5.75 Å². The number of aliphatic hydroxyl groups excluding tert-OH is 1. The highest BCUT2D eigenvalue weighted by atomic mass is 16.3. The molecule has 0 amide bonds. The van der Waals surface area contributed by atoms with Gasteiger partial charge in [-0.1, -0.05) is 26.0 Å². The first kappa shape index (κ1) is 11.0. The molecule has 0 bridgehead atoms. The monoisotopic (exact) mass is 195 g/mol. The number of phenolic OH excluding ortho intramolecular Hbond substituents is 1. The fourth-order valence-electron chi connectivity index (χ4n) is 1.16. The summed E-state index contributed by atoms with van der Waals surface area (Å²) >= 11 is 0. The summed E-state index contributed by atoms with van der Waals surface area (Å²) in [6, 6.07) is 6.97. The molecule has 78 valence electrons. The number of nitrogens with one attached hydrogen (secondary N) is 1. The first-order chi connectivity index (χ1) is 6.59. The van der Waals surface area contributed by atoms with E-state index >= 15 is 0 Å². The van der Waals surface area contributed by atoms with Crippen molar-refractivity contribution >= 4 is 0 Å². The smallest absolute Gasteiger partial charge is 0.115 e. The molecule has 0 radical (unpaired) electrons. The highest BCUT2D eigenvalue weighted by molar-refractivity contribution is 5.27. The molecule has 1 rings (SSSR count). The highest BCUT2D eigenvalue weighted by Gasteiger charge is 2.07. The molecule has 1 atom stereocenters. The molecule has 3 heteroatoms. The Labute approximate surface area is 84.4 Å². The minimum absolute atomic E-state index is 0.220. The van der Waals surface area contributed by atoms with Gasteiger partial charge in [0.25, 0.3) is 0 Å². The van der Waals surface area contributed by atoms with Crippen LogP contribution in [0.25, 0.3) is 0 Å². The number of aliphatic hydroxyl groups is 1. The maximum absolute atomic E-state index is 9.72. The van der Waals surface area contributed by atoms with Gasteiger partial charge in [-0.05, 0) is 17.7 Å². The van der Waals surface area contributed by atoms with Crippen molar-refractivity contribution in [3.8, 4) is 5.75 Å². The van der Waals surface area contributed by atoms with E-state index in [9.17, 15) is 5.11 Å². The van der Waals surface area contributed by atoms with Gasteiger partial charge in [0.1, 0.15) is 5.75 Å². The minimum atomic E-state index is -0.516. The molecule has 0 aliphatic rings. The standard InChI is InChI=1S/C11H17NO2/c1-8(2)12-7-11(14)9-3-5-10(13)6-4-9/h3-6,8,11-14H,7H2,1-2H3/t11-/m0/s1. The number of phenols is 1. The van der Waals surface area contributed by atoms with Gasteiger partial charge in [-0.15, -0.1) is 0 Å². The normalized spacial score (nSPS) is 13.1. The lowest BCUT2D eigenvalue weighted by atomic mass is 10.1. The Balaban J connectivity index is 2.52. The van der Waals surface area contributed by atoms with Crippen molar-refractivity contribution in [2.24, 2.45) is 0 Å². The summed E-state index contributed by atoms with van der Waals surface area (Å²) < 4.78 is 0. The van der Waals surface area contributed by atoms with Crippen molar-refractivity contribution in [2.45, 2.75) is 26.0 Å². The second kappa shape index (κ2) is 4.98. The largest absolute Gasteiger partial charge is 0.508 e. The van der Waals surface area contributed by atoms with Crippen molar-refractivity contribution in [3.05, 3.63) is 29.8 Å². The lowest BCUT2D eigenvalue weighted by molar-refractivity contribution is 0.171. The SMILES string of the molecule is CC(C)NC[C@H](O)c1ccc(O)cc1. The van der Waals surface area contributed by atoms with Crippen LogP contribution in [0, 0.1) is 0 Å². The molecule has 3 N–H and O–H groups in total. The van der Waals surface area contributed by atoms with Gasteiger partial charge >= 0.3 is 0 Å². The Kier molecular flexibility index (Phi) is 3.92. The highest BCUT2D eigenvalue weighted by Crippen LogP contribution is 2.15. The third-order valence-corrected chi connectivity index (χ3v) is 2.00. The zero-order valence-corrected chi connectivity index (χ0v) is 8.57. The summed E-state index contributed by atoms with van der Waals surface area (Å²) in [4.78, 5) is 0. The number of aromatic hydroxyl groups is 1. The average molecular weight is 195 g/mol. The van der Waals surface area contributed by atoms with E-state index in [4.69, 9.17) is 5.11 Å². The Morgan fingerprint density at radius 1 is 1.21 bits per heavy atom. The van der Waals surface area contributed by atoms with E-state index in [1.165, 1.54) is 0 Å². The van der Waals surface area contributed by atoms with Crippen LogP contribution in [0.2, 0.25) is 0 Å². The van der Waals surface area contributed by atoms with Crippen LogP contribution in [0.1, 0.15) is 25.5 Å². The third kappa shape index (κ3) is 3.36. The number of hydrogen-bond donors (Lipinski definition) is 3. The van der Waals surface area contributed by atoms with Crippen molar-refractivity contribution in [1.29, 1.82) is 0 Å². The first-order valence-electron chi connectivity index (χ1n) is 4.80. The lowest BCUT2D eigenvalue weighted by Gasteiger charge is -2.14. The zero-order chi connectivity index (χ0) is 10.6. The second-order valence-corrected chi connectivity index (χ2v) is 3.67. The maximum atomic E-state index is 9.72. The quantitative estimate of drug-likeness (QED) is 0.681. The molecule has 0 unspecified atom stereocenters. The van der Waals surface area contributed by atoms with Crippen LogP contribution in [0.5, 0.6) is 5.75 Å². The number of rotatable bonds is 4. The molecule has 0 spiro atoms. The van der Waals surface area contributed by atoms with E-state index in [0.29, 0.717) is 12.6 Å². The molecule has 3 nitrogen and oxygen atoms in total. The molecule has 0 aliphatic heterocycles. The fraction of sp³-hybridized carbons (Fsp3) is 0.455. The Morgan fingerprint density at radius 2 is 1.79 bits per heavy atom. The van der Waals surface area contributed by atoms with E-state index in [2.05, 4.69) is 5.32 Å². The summed E-state index contributed by atoms with van der Waals surface area (Å²) in [7, 11) is 0. The van der Waals surface area contributed by atoms with Gasteiger partial charge in [0, 0.05) is 12.6 Å². The summed E-state index contributed by atoms with van der Waals surface area (Å²) in [5, 5.41) is 21.9. The van der Waals surface area contributed by atoms with Gasteiger partial charge in [0.15, 0.2) is 0 Å². The molecule has 0 saturated carbocycles. The van der Waals surface area contributed by atoms with E-state index in [0.717, 1.165) is 5.56 Å². The number of hydrogen-bond acceptors (Lipinski definition) is 3. The fourth-order valence-corrected chi connectivity index (χ4v) is 1.16. The zero-order valence-electron chi connectivity index (χ0n) is 8.57. The van der Waals surface area contributed by atoms with Gasteiger partial charge in [-0.25, -0.2) is 0 Å². The van der Waals surface area contributed by atoms with Gasteiger partial charge < -0.3 is 15.5 Å². The van der Waals surface area contributed by atoms with Crippen LogP contribution >= 0.6 is 0 Å². The molecule has 0 fully saturated rings. The van der Waals surface area contributed by atoms with Crippen LogP contribution in [0.4, 0.5) is 0 Å². The molecular formula is C11H17NO2. The molecule has 14 heavy (non-hydrogen) atoms. The topological polar surface area (TPSA) is 52.5 Å². The Morgan fingerprint density at radius 3 is 2.29 bits per heavy atom. The third-order valence-electron chi connectivity index (χ3n) is 2.00. The van der Waals surface area contributed by atoms with Crippen LogP contribution in [-0.4, -0.2) is 22.8 Å². The molecule has 0 aromatic heterocycles. The Bertz CT molecular complexity index is 269.